The molecule has 102 valence electrons. The summed E-state index contributed by atoms with van der Waals surface area (Å²) >= 11 is 1.80. The van der Waals surface area contributed by atoms with Gasteiger partial charge in [0.2, 0.25) is 0 Å². The second kappa shape index (κ2) is 6.17. The van der Waals surface area contributed by atoms with Gasteiger partial charge in [0.15, 0.2) is 0 Å². The van der Waals surface area contributed by atoms with E-state index in [4.69, 9.17) is 5.73 Å². The average Bonchev–Trinajstić information content (AvgIpc) is 2.90. The topological polar surface area (TPSA) is 42.1 Å². The molecule has 0 bridgehead atoms. The quantitative estimate of drug-likeness (QED) is 0.911. The lowest BCUT2D eigenvalue weighted by molar-refractivity contribution is 0.678. The van der Waals surface area contributed by atoms with Gasteiger partial charge in [-0.25, -0.2) is 4.98 Å². The van der Waals surface area contributed by atoms with E-state index in [2.05, 4.69) is 47.4 Å². The number of nitrogens with two attached hydrogens (primary N) is 1. The van der Waals surface area contributed by atoms with Gasteiger partial charge in [0, 0.05) is 36.6 Å². The normalized spacial score (nSPS) is 14.1. The van der Waals surface area contributed by atoms with Crippen molar-refractivity contribution in [3.05, 3.63) is 46.3 Å². The molecule has 0 saturated heterocycles. The van der Waals surface area contributed by atoms with Crippen molar-refractivity contribution < 1.29 is 0 Å². The van der Waals surface area contributed by atoms with Crippen LogP contribution < -0.4 is 10.6 Å². The van der Waals surface area contributed by atoms with Crippen LogP contribution in [0.25, 0.3) is 0 Å². The highest BCUT2D eigenvalue weighted by Gasteiger charge is 2.13. The highest BCUT2D eigenvalue weighted by atomic mass is 32.1. The summed E-state index contributed by atoms with van der Waals surface area (Å²) in [6.45, 7) is 4.22. The van der Waals surface area contributed by atoms with Crippen molar-refractivity contribution in [1.29, 1.82) is 0 Å². The summed E-state index contributed by atoms with van der Waals surface area (Å²) in [4.78, 5) is 8.07. The van der Waals surface area contributed by atoms with Crippen LogP contribution in [-0.4, -0.2) is 18.1 Å². The number of hydrogen-bond acceptors (Lipinski definition) is 4. The Morgan fingerprint density at radius 3 is 2.79 bits per heavy atom. The van der Waals surface area contributed by atoms with E-state index in [0.717, 1.165) is 17.8 Å². The molecule has 0 spiro atoms. The minimum Gasteiger partial charge on any atom is -0.357 e. The summed E-state index contributed by atoms with van der Waals surface area (Å²) in [6.07, 6.45) is 2.88. The van der Waals surface area contributed by atoms with E-state index in [1.165, 1.54) is 4.88 Å². The number of likely N-dealkylation sites (N-methyl/N-ethyl adjacent to an activating group) is 1. The van der Waals surface area contributed by atoms with Crippen LogP contribution >= 0.6 is 11.3 Å². The molecule has 3 nitrogen and oxygen atoms in total. The molecule has 2 unspecified atom stereocenters. The van der Waals surface area contributed by atoms with Gasteiger partial charge in [-0.3, -0.25) is 0 Å². The maximum Gasteiger partial charge on any atom is 0.128 e. The Bertz CT molecular complexity index is 508. The van der Waals surface area contributed by atoms with Gasteiger partial charge in [-0.05, 0) is 43.0 Å². The molecule has 2 heterocycles. The third-order valence-corrected chi connectivity index (χ3v) is 4.29. The Morgan fingerprint density at radius 2 is 2.16 bits per heavy atom. The summed E-state index contributed by atoms with van der Waals surface area (Å²) in [5.41, 5.74) is 7.05. The molecule has 0 aliphatic rings. The van der Waals surface area contributed by atoms with Gasteiger partial charge in [0.1, 0.15) is 5.82 Å². The first-order valence-electron chi connectivity index (χ1n) is 6.54. The van der Waals surface area contributed by atoms with Crippen molar-refractivity contribution in [3.63, 3.8) is 0 Å². The number of anilines is 1. The molecule has 2 atom stereocenters. The molecule has 4 heteroatoms. The minimum atomic E-state index is 0.0442. The van der Waals surface area contributed by atoms with Crippen LogP contribution in [0.15, 0.2) is 35.8 Å². The molecule has 0 aromatic carbocycles. The van der Waals surface area contributed by atoms with Gasteiger partial charge in [-0.2, -0.15) is 0 Å². The van der Waals surface area contributed by atoms with Crippen molar-refractivity contribution >= 4 is 17.2 Å². The van der Waals surface area contributed by atoms with Crippen LogP contribution in [0.2, 0.25) is 0 Å². The van der Waals surface area contributed by atoms with Gasteiger partial charge in [0.05, 0.1) is 0 Å². The fourth-order valence-corrected chi connectivity index (χ4v) is 2.82. The van der Waals surface area contributed by atoms with Crippen molar-refractivity contribution in [2.24, 2.45) is 5.73 Å². The van der Waals surface area contributed by atoms with E-state index in [-0.39, 0.29) is 6.04 Å². The lowest BCUT2D eigenvalue weighted by atomic mass is 10.1. The number of nitrogens with zero attached hydrogens (tertiary/aromatic N) is 2. The van der Waals surface area contributed by atoms with Crippen LogP contribution in [-0.2, 0) is 6.42 Å². The molecule has 2 aromatic heterocycles. The molecule has 2 N–H and O–H groups in total. The van der Waals surface area contributed by atoms with Crippen LogP contribution in [0.5, 0.6) is 0 Å². The third-order valence-electron chi connectivity index (χ3n) is 3.39. The molecular formula is C15H21N3S. The molecule has 0 aliphatic heterocycles. The van der Waals surface area contributed by atoms with E-state index in [1.54, 1.807) is 11.3 Å². The predicted molar refractivity (Wildman–Crippen MR) is 82.7 cm³/mol. The zero-order valence-corrected chi connectivity index (χ0v) is 12.5. The average molecular weight is 275 g/mol. The SMILES string of the molecule is CC(N)c1ccnc(N(C)C(C)Cc2cccs2)c1. The monoisotopic (exact) mass is 275 g/mol. The van der Waals surface area contributed by atoms with E-state index in [9.17, 15) is 0 Å². The molecule has 2 rings (SSSR count). The lowest BCUT2D eigenvalue weighted by Crippen LogP contribution is -2.31. The van der Waals surface area contributed by atoms with Crippen molar-refractivity contribution in [1.82, 2.24) is 4.98 Å². The summed E-state index contributed by atoms with van der Waals surface area (Å²) < 4.78 is 0. The molecule has 0 radical (unpaired) electrons. The summed E-state index contributed by atoms with van der Waals surface area (Å²) in [5.74, 6) is 0.985. The first-order chi connectivity index (χ1) is 9.08. The number of pyridine rings is 1. The highest BCUT2D eigenvalue weighted by molar-refractivity contribution is 7.09. The number of thiophene rings is 1. The standard InChI is InChI=1S/C15H21N3S/c1-11(9-14-5-4-8-19-14)18(3)15-10-13(12(2)16)6-7-17-15/h4-8,10-12H,9,16H2,1-3H3. The van der Waals surface area contributed by atoms with E-state index in [0.29, 0.717) is 6.04 Å². The Kier molecular flexibility index (Phi) is 4.56. The minimum absolute atomic E-state index is 0.0442. The fraction of sp³-hybridized carbons (Fsp3) is 0.400. The van der Waals surface area contributed by atoms with Crippen molar-refractivity contribution in [2.75, 3.05) is 11.9 Å². The Labute approximate surface area is 119 Å². The van der Waals surface area contributed by atoms with Crippen LogP contribution in [0, 0.1) is 0 Å². The zero-order chi connectivity index (χ0) is 13.8. The maximum atomic E-state index is 5.92. The molecule has 0 fully saturated rings. The summed E-state index contributed by atoms with van der Waals surface area (Å²) in [6, 6.07) is 8.79. The lowest BCUT2D eigenvalue weighted by Gasteiger charge is -2.26. The number of rotatable bonds is 5. The highest BCUT2D eigenvalue weighted by Crippen LogP contribution is 2.20. The van der Waals surface area contributed by atoms with E-state index < -0.39 is 0 Å². The van der Waals surface area contributed by atoms with Gasteiger partial charge in [-0.1, -0.05) is 6.07 Å². The second-order valence-corrected chi connectivity index (χ2v) is 6.01. The van der Waals surface area contributed by atoms with Crippen molar-refractivity contribution in [3.8, 4) is 0 Å². The zero-order valence-electron chi connectivity index (χ0n) is 11.7. The number of aromatic nitrogens is 1. The molecule has 19 heavy (non-hydrogen) atoms. The smallest absolute Gasteiger partial charge is 0.128 e. The van der Waals surface area contributed by atoms with Gasteiger partial charge < -0.3 is 10.6 Å². The first kappa shape index (κ1) is 14.0. The summed E-state index contributed by atoms with van der Waals surface area (Å²) in [5, 5.41) is 2.12. The first-order valence-corrected chi connectivity index (χ1v) is 7.42. The fourth-order valence-electron chi connectivity index (χ4n) is 1.99. The predicted octanol–water partition coefficient (Wildman–Crippen LogP) is 3.23. The molecule has 0 saturated carbocycles. The van der Waals surface area contributed by atoms with Gasteiger partial charge in [0.25, 0.3) is 0 Å². The largest absolute Gasteiger partial charge is 0.357 e. The summed E-state index contributed by atoms with van der Waals surface area (Å²) in [7, 11) is 2.09. The molecule has 0 amide bonds. The Morgan fingerprint density at radius 1 is 1.37 bits per heavy atom. The Hall–Kier alpha value is -1.39. The molecule has 2 aromatic rings. The molecule has 0 aliphatic carbocycles. The maximum absolute atomic E-state index is 5.92. The third kappa shape index (κ3) is 3.55. The molecular weight excluding hydrogens is 254 g/mol. The van der Waals surface area contributed by atoms with E-state index >= 15 is 0 Å². The number of hydrogen-bond donors (Lipinski definition) is 1. The van der Waals surface area contributed by atoms with Crippen molar-refractivity contribution in [2.45, 2.75) is 32.4 Å². The van der Waals surface area contributed by atoms with E-state index in [1.807, 2.05) is 19.2 Å². The van der Waals surface area contributed by atoms with Crippen LogP contribution in [0.4, 0.5) is 5.82 Å². The Balaban J connectivity index is 2.10. The second-order valence-electron chi connectivity index (χ2n) is 4.98. The van der Waals surface area contributed by atoms with Crippen LogP contribution in [0.3, 0.4) is 0 Å². The van der Waals surface area contributed by atoms with Gasteiger partial charge >= 0.3 is 0 Å². The van der Waals surface area contributed by atoms with Crippen LogP contribution in [0.1, 0.15) is 30.3 Å². The van der Waals surface area contributed by atoms with Gasteiger partial charge in [-0.15, -0.1) is 11.3 Å².